The lowest BCUT2D eigenvalue weighted by molar-refractivity contribution is -0.123. The van der Waals surface area contributed by atoms with Crippen molar-refractivity contribution in [2.45, 2.75) is 0 Å². The average Bonchev–Trinajstić information content (AvgIpc) is 2.74. The molecule has 7 nitrogen and oxygen atoms in total. The molecular formula is C20H22BrN3O4. The van der Waals surface area contributed by atoms with E-state index in [2.05, 4.69) is 31.4 Å². The molecule has 0 bridgehead atoms. The number of hydrogen-bond acceptors (Lipinski definition) is 6. The number of nitrogens with one attached hydrogen (secondary N) is 1. The summed E-state index contributed by atoms with van der Waals surface area (Å²) in [6.07, 6.45) is 1.56. The third-order valence-electron chi connectivity index (χ3n) is 4.17. The van der Waals surface area contributed by atoms with Crippen LogP contribution in [0.3, 0.4) is 0 Å². The standard InChI is InChI=1S/C20H22BrN3O4/c1-26-19-12-17(24-8-10-27-11-9-24)5-2-15(19)13-22-23-20(25)14-28-18-6-3-16(21)4-7-18/h2-7,12-13H,8-11,14H2,1H3,(H,23,25)/b22-13-. The molecule has 1 N–H and O–H groups in total. The summed E-state index contributed by atoms with van der Waals surface area (Å²) in [5.74, 6) is 0.957. The minimum absolute atomic E-state index is 0.119. The zero-order chi connectivity index (χ0) is 19.8. The third kappa shape index (κ3) is 5.71. The molecule has 0 spiro atoms. The lowest BCUT2D eigenvalue weighted by Crippen LogP contribution is -2.36. The molecule has 28 heavy (non-hydrogen) atoms. The Morgan fingerprint density at radius 3 is 2.71 bits per heavy atom. The van der Waals surface area contributed by atoms with Crippen LogP contribution in [-0.2, 0) is 9.53 Å². The quantitative estimate of drug-likeness (QED) is 0.521. The van der Waals surface area contributed by atoms with Gasteiger partial charge in [-0.1, -0.05) is 15.9 Å². The summed E-state index contributed by atoms with van der Waals surface area (Å²) in [5.41, 5.74) is 4.30. The Labute approximate surface area is 172 Å². The highest BCUT2D eigenvalue weighted by molar-refractivity contribution is 9.10. The van der Waals surface area contributed by atoms with Gasteiger partial charge < -0.3 is 19.1 Å². The van der Waals surface area contributed by atoms with E-state index in [9.17, 15) is 4.79 Å². The molecule has 1 aliphatic rings. The first-order chi connectivity index (χ1) is 13.7. The predicted molar refractivity (Wildman–Crippen MR) is 111 cm³/mol. The second-order valence-corrected chi connectivity index (χ2v) is 6.98. The van der Waals surface area contributed by atoms with Gasteiger partial charge in [-0.3, -0.25) is 4.79 Å². The second-order valence-electron chi connectivity index (χ2n) is 6.06. The average molecular weight is 448 g/mol. The van der Waals surface area contributed by atoms with Gasteiger partial charge in [-0.05, 0) is 36.4 Å². The number of carbonyl (C=O) groups excluding carboxylic acids is 1. The van der Waals surface area contributed by atoms with Crippen molar-refractivity contribution in [3.05, 3.63) is 52.5 Å². The fourth-order valence-corrected chi connectivity index (χ4v) is 2.97. The van der Waals surface area contributed by atoms with E-state index in [0.29, 0.717) is 11.5 Å². The summed E-state index contributed by atoms with van der Waals surface area (Å²) in [4.78, 5) is 14.1. The summed E-state index contributed by atoms with van der Waals surface area (Å²) in [6, 6.07) is 13.1. The molecule has 1 aliphatic heterocycles. The van der Waals surface area contributed by atoms with Crippen LogP contribution in [-0.4, -0.2) is 52.1 Å². The van der Waals surface area contributed by atoms with Crippen LogP contribution in [0.15, 0.2) is 52.0 Å². The Morgan fingerprint density at radius 1 is 1.25 bits per heavy atom. The maximum Gasteiger partial charge on any atom is 0.277 e. The molecule has 0 atom stereocenters. The molecule has 2 aromatic rings. The van der Waals surface area contributed by atoms with Crippen LogP contribution in [0.5, 0.6) is 11.5 Å². The predicted octanol–water partition coefficient (Wildman–Crippen LogP) is 2.82. The molecule has 148 valence electrons. The van der Waals surface area contributed by atoms with Gasteiger partial charge in [-0.25, -0.2) is 5.43 Å². The first-order valence-corrected chi connectivity index (χ1v) is 9.66. The van der Waals surface area contributed by atoms with Gasteiger partial charge in [0, 0.05) is 34.9 Å². The number of amides is 1. The third-order valence-corrected chi connectivity index (χ3v) is 4.70. The monoisotopic (exact) mass is 447 g/mol. The van der Waals surface area contributed by atoms with Crippen LogP contribution in [0.1, 0.15) is 5.56 Å². The topological polar surface area (TPSA) is 72.4 Å². The van der Waals surface area contributed by atoms with Gasteiger partial charge in [0.05, 0.1) is 26.5 Å². The molecule has 8 heteroatoms. The molecule has 0 saturated carbocycles. The maximum absolute atomic E-state index is 11.9. The van der Waals surface area contributed by atoms with E-state index in [1.165, 1.54) is 0 Å². The Morgan fingerprint density at radius 2 is 2.00 bits per heavy atom. The Bertz CT molecular complexity index is 821. The first-order valence-electron chi connectivity index (χ1n) is 8.87. The summed E-state index contributed by atoms with van der Waals surface area (Å²) in [7, 11) is 1.61. The van der Waals surface area contributed by atoms with Gasteiger partial charge in [0.1, 0.15) is 11.5 Å². The molecule has 1 saturated heterocycles. The van der Waals surface area contributed by atoms with Crippen molar-refractivity contribution >= 4 is 33.7 Å². The number of anilines is 1. The molecule has 2 aromatic carbocycles. The van der Waals surface area contributed by atoms with E-state index < -0.39 is 0 Å². The molecule has 0 radical (unpaired) electrons. The largest absolute Gasteiger partial charge is 0.496 e. The van der Waals surface area contributed by atoms with Crippen LogP contribution >= 0.6 is 15.9 Å². The summed E-state index contributed by atoms with van der Waals surface area (Å²) < 4.78 is 17.2. The zero-order valence-electron chi connectivity index (χ0n) is 15.6. The zero-order valence-corrected chi connectivity index (χ0v) is 17.1. The maximum atomic E-state index is 11.9. The number of benzene rings is 2. The second kappa shape index (κ2) is 10.1. The Hall–Kier alpha value is -2.58. The van der Waals surface area contributed by atoms with Gasteiger partial charge in [0.15, 0.2) is 6.61 Å². The number of carbonyl (C=O) groups is 1. The van der Waals surface area contributed by atoms with Gasteiger partial charge in [0.2, 0.25) is 0 Å². The molecule has 1 amide bonds. The molecule has 1 heterocycles. The molecule has 0 aliphatic carbocycles. The molecular weight excluding hydrogens is 426 g/mol. The highest BCUT2D eigenvalue weighted by Crippen LogP contribution is 2.25. The SMILES string of the molecule is COc1cc(N2CCOCC2)ccc1/C=N\NC(=O)COc1ccc(Br)cc1. The van der Waals surface area contributed by atoms with Crippen molar-refractivity contribution < 1.29 is 19.0 Å². The number of methoxy groups -OCH3 is 1. The van der Waals surface area contributed by atoms with Crippen LogP contribution in [0.2, 0.25) is 0 Å². The van der Waals surface area contributed by atoms with Crippen molar-refractivity contribution in [1.29, 1.82) is 0 Å². The fourth-order valence-electron chi connectivity index (χ4n) is 2.71. The number of morpholine rings is 1. The van der Waals surface area contributed by atoms with Crippen molar-refractivity contribution in [2.24, 2.45) is 5.10 Å². The van der Waals surface area contributed by atoms with Crippen LogP contribution < -0.4 is 19.8 Å². The van der Waals surface area contributed by atoms with Crippen molar-refractivity contribution in [2.75, 3.05) is 44.9 Å². The highest BCUT2D eigenvalue weighted by atomic mass is 79.9. The van der Waals surface area contributed by atoms with Crippen LogP contribution in [0.4, 0.5) is 5.69 Å². The van der Waals surface area contributed by atoms with E-state index in [0.717, 1.165) is 42.0 Å². The van der Waals surface area contributed by atoms with Gasteiger partial charge in [0.25, 0.3) is 5.91 Å². The van der Waals surface area contributed by atoms with Crippen LogP contribution in [0.25, 0.3) is 0 Å². The van der Waals surface area contributed by atoms with Crippen molar-refractivity contribution in [1.82, 2.24) is 5.43 Å². The van der Waals surface area contributed by atoms with Gasteiger partial charge in [-0.2, -0.15) is 5.10 Å². The normalized spacial score (nSPS) is 14.1. The van der Waals surface area contributed by atoms with Gasteiger partial charge >= 0.3 is 0 Å². The molecule has 1 fully saturated rings. The number of nitrogens with zero attached hydrogens (tertiary/aromatic N) is 2. The minimum atomic E-state index is -0.344. The number of hydrazone groups is 1. The van der Waals surface area contributed by atoms with E-state index in [-0.39, 0.29) is 12.5 Å². The van der Waals surface area contributed by atoms with Crippen LogP contribution in [0, 0.1) is 0 Å². The lowest BCUT2D eigenvalue weighted by atomic mass is 10.1. The van der Waals surface area contributed by atoms with E-state index in [1.54, 1.807) is 25.5 Å². The smallest absolute Gasteiger partial charge is 0.277 e. The molecule has 0 aromatic heterocycles. The molecule has 3 rings (SSSR count). The van der Waals surface area contributed by atoms with Gasteiger partial charge in [-0.15, -0.1) is 0 Å². The number of ether oxygens (including phenoxy) is 3. The highest BCUT2D eigenvalue weighted by Gasteiger charge is 2.13. The fraction of sp³-hybridized carbons (Fsp3) is 0.300. The van der Waals surface area contributed by atoms with E-state index >= 15 is 0 Å². The van der Waals surface area contributed by atoms with E-state index in [1.807, 2.05) is 30.3 Å². The summed E-state index contributed by atoms with van der Waals surface area (Å²) >= 11 is 3.35. The molecule has 0 unspecified atom stereocenters. The Balaban J connectivity index is 1.54. The number of hydrogen-bond donors (Lipinski definition) is 1. The first kappa shape index (κ1) is 20.2. The summed E-state index contributed by atoms with van der Waals surface area (Å²) in [6.45, 7) is 3.03. The van der Waals surface area contributed by atoms with E-state index in [4.69, 9.17) is 14.2 Å². The summed E-state index contributed by atoms with van der Waals surface area (Å²) in [5, 5.41) is 3.99. The van der Waals surface area contributed by atoms with Crippen molar-refractivity contribution in [3.63, 3.8) is 0 Å². The number of halogens is 1. The minimum Gasteiger partial charge on any atom is -0.496 e. The Kier molecular flexibility index (Phi) is 7.27. The number of rotatable bonds is 7. The van der Waals surface area contributed by atoms with Crippen molar-refractivity contribution in [3.8, 4) is 11.5 Å². The lowest BCUT2D eigenvalue weighted by Gasteiger charge is -2.29.